The molecule has 0 aromatic rings. The summed E-state index contributed by atoms with van der Waals surface area (Å²) in [4.78, 5) is 12.4. The molecule has 148 valence electrons. The van der Waals surface area contributed by atoms with E-state index in [1.807, 2.05) is 13.8 Å². The number of carbonyl (C=O) groups is 1. The molecule has 0 amide bonds. The van der Waals surface area contributed by atoms with E-state index in [1.165, 1.54) is 32.1 Å². The summed E-state index contributed by atoms with van der Waals surface area (Å²) in [6.07, 6.45) is 7.19. The predicted molar refractivity (Wildman–Crippen MR) is 99.3 cm³/mol. The molecule has 4 fully saturated rings. The van der Waals surface area contributed by atoms with E-state index in [0.29, 0.717) is 25.6 Å². The lowest BCUT2D eigenvalue weighted by Crippen LogP contribution is -2.32. The van der Waals surface area contributed by atoms with Gasteiger partial charge in [0, 0.05) is 6.42 Å². The van der Waals surface area contributed by atoms with Crippen LogP contribution < -0.4 is 0 Å². The zero-order valence-corrected chi connectivity index (χ0v) is 16.9. The zero-order chi connectivity index (χ0) is 18.5. The molecule has 0 spiro atoms. The van der Waals surface area contributed by atoms with Crippen molar-refractivity contribution in [3.63, 3.8) is 0 Å². The summed E-state index contributed by atoms with van der Waals surface area (Å²) in [5.41, 5.74) is 0. The predicted octanol–water partition coefficient (Wildman–Crippen LogP) is 4.42. The van der Waals surface area contributed by atoms with Gasteiger partial charge in [0.1, 0.15) is 12.7 Å². The molecule has 3 aliphatic carbocycles. The van der Waals surface area contributed by atoms with Crippen LogP contribution in [0.5, 0.6) is 0 Å². The van der Waals surface area contributed by atoms with Gasteiger partial charge in [-0.1, -0.05) is 26.7 Å². The highest BCUT2D eigenvalue weighted by molar-refractivity contribution is 5.69. The second-order valence-electron chi connectivity index (χ2n) is 9.72. The standard InChI is InChI=1S/C22H36O4/c1-5-13-7-14(6-2)21-18-9-16(20(13)21)8-15(18)10-19(23)24-11-17-12-25-22(3,4)26-17/h13-18,20-21H,5-12H2,1-4H3. The SMILES string of the molecule is CCC1CC(CC)C2C3CC(CC3CC(=O)OCC3COC(C)(C)O3)C12. The number of fused-ring (bicyclic) bond motifs is 5. The van der Waals surface area contributed by atoms with Gasteiger partial charge >= 0.3 is 5.97 Å². The van der Waals surface area contributed by atoms with Gasteiger partial charge in [0.15, 0.2) is 5.79 Å². The van der Waals surface area contributed by atoms with E-state index in [-0.39, 0.29) is 12.1 Å². The van der Waals surface area contributed by atoms with Gasteiger partial charge in [0.05, 0.1) is 6.61 Å². The summed E-state index contributed by atoms with van der Waals surface area (Å²) >= 11 is 0. The summed E-state index contributed by atoms with van der Waals surface area (Å²) in [6.45, 7) is 9.36. The first kappa shape index (κ1) is 18.7. The highest BCUT2D eigenvalue weighted by atomic mass is 16.7. The lowest BCUT2D eigenvalue weighted by molar-refractivity contribution is -0.159. The molecule has 0 aromatic heterocycles. The van der Waals surface area contributed by atoms with Crippen molar-refractivity contribution in [3.05, 3.63) is 0 Å². The Morgan fingerprint density at radius 1 is 1.04 bits per heavy atom. The van der Waals surface area contributed by atoms with Crippen LogP contribution in [0, 0.1) is 41.4 Å². The number of carbonyl (C=O) groups excluding carboxylic acids is 1. The summed E-state index contributed by atoms with van der Waals surface area (Å²) in [7, 11) is 0. The van der Waals surface area contributed by atoms with Crippen LogP contribution in [0.3, 0.4) is 0 Å². The molecule has 4 aliphatic rings. The van der Waals surface area contributed by atoms with Crippen molar-refractivity contribution in [2.45, 2.75) is 78.1 Å². The molecule has 1 aliphatic heterocycles. The number of esters is 1. The fraction of sp³-hybridized carbons (Fsp3) is 0.955. The summed E-state index contributed by atoms with van der Waals surface area (Å²) in [5.74, 6) is 5.27. The molecular weight excluding hydrogens is 328 g/mol. The maximum Gasteiger partial charge on any atom is 0.306 e. The molecule has 1 heterocycles. The number of hydrogen-bond donors (Lipinski definition) is 0. The van der Waals surface area contributed by atoms with Crippen LogP contribution in [0.1, 0.15) is 66.2 Å². The molecule has 8 atom stereocenters. The highest BCUT2D eigenvalue weighted by Gasteiger charge is 2.59. The van der Waals surface area contributed by atoms with E-state index in [1.54, 1.807) is 0 Å². The third-order valence-electron chi connectivity index (χ3n) is 7.94. The summed E-state index contributed by atoms with van der Waals surface area (Å²) < 4.78 is 16.8. The van der Waals surface area contributed by atoms with Crippen LogP contribution in [0.15, 0.2) is 0 Å². The topological polar surface area (TPSA) is 44.8 Å². The third kappa shape index (κ3) is 3.32. The summed E-state index contributed by atoms with van der Waals surface area (Å²) in [5, 5.41) is 0. The first-order valence-electron chi connectivity index (χ1n) is 10.9. The minimum absolute atomic E-state index is 0.0366. The first-order chi connectivity index (χ1) is 12.4. The lowest BCUT2D eigenvalue weighted by Gasteiger charge is -2.35. The van der Waals surface area contributed by atoms with Crippen molar-refractivity contribution in [1.29, 1.82) is 0 Å². The Balaban J connectivity index is 1.30. The van der Waals surface area contributed by atoms with Crippen LogP contribution in [0.4, 0.5) is 0 Å². The smallest absolute Gasteiger partial charge is 0.306 e. The minimum atomic E-state index is -0.551. The van der Waals surface area contributed by atoms with Crippen molar-refractivity contribution in [1.82, 2.24) is 0 Å². The van der Waals surface area contributed by atoms with Gasteiger partial charge in [0.25, 0.3) is 0 Å². The van der Waals surface area contributed by atoms with Gasteiger partial charge in [-0.15, -0.1) is 0 Å². The van der Waals surface area contributed by atoms with E-state index in [2.05, 4.69) is 13.8 Å². The molecular formula is C22H36O4. The van der Waals surface area contributed by atoms with Gasteiger partial charge in [0.2, 0.25) is 0 Å². The molecule has 4 rings (SSSR count). The second-order valence-corrected chi connectivity index (χ2v) is 9.72. The van der Waals surface area contributed by atoms with E-state index < -0.39 is 5.79 Å². The fourth-order valence-electron chi connectivity index (χ4n) is 7.07. The van der Waals surface area contributed by atoms with Crippen molar-refractivity contribution in [3.8, 4) is 0 Å². The van der Waals surface area contributed by atoms with Crippen molar-refractivity contribution in [2.24, 2.45) is 41.4 Å². The Labute approximate surface area is 158 Å². The lowest BCUT2D eigenvalue weighted by atomic mass is 9.70. The van der Waals surface area contributed by atoms with Crippen LogP contribution >= 0.6 is 0 Å². The number of ether oxygens (including phenoxy) is 3. The molecule has 3 saturated carbocycles. The molecule has 4 nitrogen and oxygen atoms in total. The average molecular weight is 365 g/mol. The molecule has 8 unspecified atom stereocenters. The molecule has 0 aromatic carbocycles. The quantitative estimate of drug-likeness (QED) is 0.655. The third-order valence-corrected chi connectivity index (χ3v) is 7.94. The van der Waals surface area contributed by atoms with Crippen LogP contribution in [-0.4, -0.2) is 31.1 Å². The Bertz CT molecular complexity index is 530. The Kier molecular flexibility index (Phi) is 5.11. The monoisotopic (exact) mass is 364 g/mol. The van der Waals surface area contributed by atoms with E-state index in [9.17, 15) is 4.79 Å². The van der Waals surface area contributed by atoms with Crippen molar-refractivity contribution >= 4 is 5.97 Å². The average Bonchev–Trinajstić information content (AvgIpc) is 3.32. The number of hydrogen-bond acceptors (Lipinski definition) is 4. The first-order valence-corrected chi connectivity index (χ1v) is 10.9. The Morgan fingerprint density at radius 2 is 1.77 bits per heavy atom. The van der Waals surface area contributed by atoms with E-state index >= 15 is 0 Å². The summed E-state index contributed by atoms with van der Waals surface area (Å²) in [6, 6.07) is 0. The molecule has 0 N–H and O–H groups in total. The second kappa shape index (κ2) is 7.09. The fourth-order valence-corrected chi connectivity index (χ4v) is 7.07. The minimum Gasteiger partial charge on any atom is -0.463 e. The largest absolute Gasteiger partial charge is 0.463 e. The van der Waals surface area contributed by atoms with E-state index in [0.717, 1.165) is 35.5 Å². The van der Waals surface area contributed by atoms with Gasteiger partial charge in [-0.05, 0) is 74.5 Å². The van der Waals surface area contributed by atoms with Gasteiger partial charge < -0.3 is 14.2 Å². The zero-order valence-electron chi connectivity index (χ0n) is 16.9. The molecule has 0 radical (unpaired) electrons. The maximum atomic E-state index is 12.4. The Morgan fingerprint density at radius 3 is 2.42 bits per heavy atom. The molecule has 2 bridgehead atoms. The number of rotatable bonds is 6. The van der Waals surface area contributed by atoms with Gasteiger partial charge in [-0.2, -0.15) is 0 Å². The molecule has 1 saturated heterocycles. The highest BCUT2D eigenvalue weighted by Crippen LogP contribution is 2.66. The normalized spacial score (nSPS) is 45.8. The molecule has 4 heteroatoms. The van der Waals surface area contributed by atoms with Gasteiger partial charge in [-0.25, -0.2) is 0 Å². The Hall–Kier alpha value is -0.610. The van der Waals surface area contributed by atoms with Crippen LogP contribution in [0.25, 0.3) is 0 Å². The molecule has 26 heavy (non-hydrogen) atoms. The van der Waals surface area contributed by atoms with Crippen molar-refractivity contribution < 1.29 is 19.0 Å². The maximum absolute atomic E-state index is 12.4. The van der Waals surface area contributed by atoms with Crippen LogP contribution in [-0.2, 0) is 19.0 Å². The van der Waals surface area contributed by atoms with Gasteiger partial charge in [-0.3, -0.25) is 4.79 Å². The van der Waals surface area contributed by atoms with Crippen molar-refractivity contribution in [2.75, 3.05) is 13.2 Å². The van der Waals surface area contributed by atoms with E-state index in [4.69, 9.17) is 14.2 Å². The van der Waals surface area contributed by atoms with Crippen LogP contribution in [0.2, 0.25) is 0 Å².